The lowest BCUT2D eigenvalue weighted by atomic mass is 10.2. The standard InChI is InChI=1S/C11H8ClNO5S/c12-9-2-1-8(11(14)15)3-10(9)19(16,17)6-7-4-13-18-5-7/h1-5H,6H2,(H,14,15). The van der Waals surface area contributed by atoms with Gasteiger partial charge in [0.25, 0.3) is 0 Å². The summed E-state index contributed by atoms with van der Waals surface area (Å²) in [5, 5.41) is 12.2. The maximum absolute atomic E-state index is 12.1. The minimum atomic E-state index is -3.77. The molecule has 0 atom stereocenters. The van der Waals surface area contributed by atoms with E-state index in [-0.39, 0.29) is 21.2 Å². The summed E-state index contributed by atoms with van der Waals surface area (Å²) in [5.74, 6) is -1.59. The van der Waals surface area contributed by atoms with E-state index in [4.69, 9.17) is 16.7 Å². The van der Waals surface area contributed by atoms with E-state index < -0.39 is 15.8 Å². The van der Waals surface area contributed by atoms with Crippen LogP contribution >= 0.6 is 11.6 Å². The molecule has 0 aliphatic carbocycles. The van der Waals surface area contributed by atoms with Crippen molar-refractivity contribution in [3.63, 3.8) is 0 Å². The molecule has 1 heterocycles. The second-order valence-corrected chi connectivity index (χ2v) is 6.11. The molecular formula is C11H8ClNO5S. The fourth-order valence-electron chi connectivity index (χ4n) is 1.47. The van der Waals surface area contributed by atoms with Crippen LogP contribution in [0.3, 0.4) is 0 Å². The molecule has 2 rings (SSSR count). The Kier molecular flexibility index (Phi) is 3.59. The summed E-state index contributed by atoms with van der Waals surface area (Å²) >= 11 is 5.81. The molecule has 0 fully saturated rings. The minimum Gasteiger partial charge on any atom is -0.478 e. The molecule has 0 saturated carbocycles. The van der Waals surface area contributed by atoms with E-state index in [1.807, 2.05) is 0 Å². The average molecular weight is 302 g/mol. The molecule has 1 aromatic carbocycles. The van der Waals surface area contributed by atoms with Gasteiger partial charge in [0, 0.05) is 5.56 Å². The van der Waals surface area contributed by atoms with Crippen molar-refractivity contribution in [2.24, 2.45) is 0 Å². The summed E-state index contributed by atoms with van der Waals surface area (Å²) in [4.78, 5) is 10.6. The molecule has 0 spiro atoms. The Morgan fingerprint density at radius 1 is 1.42 bits per heavy atom. The first-order valence-corrected chi connectivity index (χ1v) is 7.07. The molecule has 100 valence electrons. The summed E-state index contributed by atoms with van der Waals surface area (Å²) in [6, 6.07) is 3.52. The molecule has 0 aliphatic heterocycles. The van der Waals surface area contributed by atoms with Gasteiger partial charge in [-0.05, 0) is 18.2 Å². The molecular weight excluding hydrogens is 294 g/mol. The van der Waals surface area contributed by atoms with Gasteiger partial charge in [-0.3, -0.25) is 0 Å². The zero-order valence-corrected chi connectivity index (χ0v) is 11.0. The highest BCUT2D eigenvalue weighted by Crippen LogP contribution is 2.26. The van der Waals surface area contributed by atoms with Gasteiger partial charge in [-0.1, -0.05) is 16.8 Å². The summed E-state index contributed by atoms with van der Waals surface area (Å²) in [5.41, 5.74) is 0.213. The fraction of sp³-hybridized carbons (Fsp3) is 0.0909. The Balaban J connectivity index is 2.45. The topological polar surface area (TPSA) is 97.5 Å². The highest BCUT2D eigenvalue weighted by atomic mass is 35.5. The lowest BCUT2D eigenvalue weighted by Gasteiger charge is -2.06. The second-order valence-electron chi connectivity index (χ2n) is 3.74. The van der Waals surface area contributed by atoms with Crippen LogP contribution < -0.4 is 0 Å². The summed E-state index contributed by atoms with van der Waals surface area (Å²) < 4.78 is 28.8. The van der Waals surface area contributed by atoms with Crippen molar-refractivity contribution < 1.29 is 22.8 Å². The Bertz CT molecular complexity index is 709. The molecule has 1 N–H and O–H groups in total. The van der Waals surface area contributed by atoms with Crippen LogP contribution in [0.15, 0.2) is 40.1 Å². The molecule has 2 aromatic rings. The molecule has 0 unspecified atom stereocenters. The first kappa shape index (κ1) is 13.6. The molecule has 6 nitrogen and oxygen atoms in total. The molecule has 0 aliphatic rings. The van der Waals surface area contributed by atoms with Gasteiger partial charge in [-0.2, -0.15) is 0 Å². The van der Waals surface area contributed by atoms with Crippen LogP contribution in [0.4, 0.5) is 0 Å². The van der Waals surface area contributed by atoms with Gasteiger partial charge < -0.3 is 9.63 Å². The van der Waals surface area contributed by atoms with Crippen LogP contribution in [0.25, 0.3) is 0 Å². The number of carboxylic acids is 1. The third kappa shape index (κ3) is 2.94. The van der Waals surface area contributed by atoms with E-state index in [2.05, 4.69) is 9.68 Å². The predicted octanol–water partition coefficient (Wildman–Crippen LogP) is 2.00. The van der Waals surface area contributed by atoms with Gasteiger partial charge >= 0.3 is 5.97 Å². The van der Waals surface area contributed by atoms with Crippen LogP contribution in [0.2, 0.25) is 5.02 Å². The number of carbonyl (C=O) groups is 1. The monoisotopic (exact) mass is 301 g/mol. The normalized spacial score (nSPS) is 11.4. The molecule has 0 amide bonds. The first-order chi connectivity index (χ1) is 8.90. The maximum Gasteiger partial charge on any atom is 0.335 e. The van der Waals surface area contributed by atoms with E-state index in [1.54, 1.807) is 0 Å². The number of benzene rings is 1. The Labute approximate surface area is 113 Å². The highest BCUT2D eigenvalue weighted by molar-refractivity contribution is 7.90. The van der Waals surface area contributed by atoms with Crippen LogP contribution in [0, 0.1) is 0 Å². The van der Waals surface area contributed by atoms with E-state index in [1.165, 1.54) is 24.6 Å². The molecule has 0 radical (unpaired) electrons. The van der Waals surface area contributed by atoms with Crippen molar-refractivity contribution in [2.75, 3.05) is 0 Å². The van der Waals surface area contributed by atoms with Gasteiger partial charge in [0.1, 0.15) is 6.26 Å². The van der Waals surface area contributed by atoms with Crippen LogP contribution in [0.1, 0.15) is 15.9 Å². The molecule has 0 saturated heterocycles. The number of rotatable bonds is 4. The lowest BCUT2D eigenvalue weighted by Crippen LogP contribution is -2.07. The number of sulfone groups is 1. The third-order valence-corrected chi connectivity index (χ3v) is 4.52. The number of hydrogen-bond acceptors (Lipinski definition) is 5. The Morgan fingerprint density at radius 3 is 2.74 bits per heavy atom. The van der Waals surface area contributed by atoms with Crippen molar-refractivity contribution in [3.05, 3.63) is 46.8 Å². The van der Waals surface area contributed by atoms with Gasteiger partial charge in [0.15, 0.2) is 9.84 Å². The largest absolute Gasteiger partial charge is 0.478 e. The SMILES string of the molecule is O=C(O)c1ccc(Cl)c(S(=O)(=O)Cc2cnoc2)c1. The van der Waals surface area contributed by atoms with Gasteiger partial charge in [-0.25, -0.2) is 13.2 Å². The van der Waals surface area contributed by atoms with Crippen molar-refractivity contribution in [3.8, 4) is 0 Å². The van der Waals surface area contributed by atoms with E-state index in [0.29, 0.717) is 5.56 Å². The molecule has 0 bridgehead atoms. The smallest absolute Gasteiger partial charge is 0.335 e. The average Bonchev–Trinajstić information content (AvgIpc) is 2.81. The number of nitrogens with zero attached hydrogens (tertiary/aromatic N) is 1. The number of aromatic carboxylic acids is 1. The number of hydrogen-bond donors (Lipinski definition) is 1. The van der Waals surface area contributed by atoms with Gasteiger partial charge in [0.2, 0.25) is 0 Å². The van der Waals surface area contributed by atoms with E-state index >= 15 is 0 Å². The number of aromatic nitrogens is 1. The number of carboxylic acid groups (broad SMARTS) is 1. The van der Waals surface area contributed by atoms with E-state index in [9.17, 15) is 13.2 Å². The summed E-state index contributed by atoms with van der Waals surface area (Å²) in [6.45, 7) is 0. The Morgan fingerprint density at radius 2 is 2.16 bits per heavy atom. The lowest BCUT2D eigenvalue weighted by molar-refractivity contribution is 0.0696. The maximum atomic E-state index is 12.1. The summed E-state index contributed by atoms with van der Waals surface area (Å²) in [6.07, 6.45) is 2.47. The third-order valence-electron chi connectivity index (χ3n) is 2.35. The predicted molar refractivity (Wildman–Crippen MR) is 65.8 cm³/mol. The Hall–Kier alpha value is -1.86. The van der Waals surface area contributed by atoms with Gasteiger partial charge in [0.05, 0.1) is 27.4 Å². The van der Waals surface area contributed by atoms with Gasteiger partial charge in [-0.15, -0.1) is 0 Å². The number of halogens is 1. The second kappa shape index (κ2) is 5.02. The molecule has 8 heteroatoms. The fourth-order valence-corrected chi connectivity index (χ4v) is 3.35. The summed E-state index contributed by atoms with van der Waals surface area (Å²) in [7, 11) is -3.77. The van der Waals surface area contributed by atoms with Crippen LogP contribution in [-0.4, -0.2) is 24.7 Å². The van der Waals surface area contributed by atoms with E-state index in [0.717, 1.165) is 6.07 Å². The first-order valence-electron chi connectivity index (χ1n) is 5.04. The molecule has 19 heavy (non-hydrogen) atoms. The minimum absolute atomic E-state index is 0.0264. The zero-order chi connectivity index (χ0) is 14.0. The highest BCUT2D eigenvalue weighted by Gasteiger charge is 2.21. The van der Waals surface area contributed by atoms with Crippen LogP contribution in [-0.2, 0) is 15.6 Å². The van der Waals surface area contributed by atoms with Crippen LogP contribution in [0.5, 0.6) is 0 Å². The van der Waals surface area contributed by atoms with Crippen molar-refractivity contribution in [1.82, 2.24) is 5.16 Å². The van der Waals surface area contributed by atoms with Crippen molar-refractivity contribution in [2.45, 2.75) is 10.6 Å². The zero-order valence-electron chi connectivity index (χ0n) is 9.41. The molecule has 1 aromatic heterocycles. The quantitative estimate of drug-likeness (QED) is 0.927. The van der Waals surface area contributed by atoms with Crippen molar-refractivity contribution >= 4 is 27.4 Å². The van der Waals surface area contributed by atoms with Crippen molar-refractivity contribution in [1.29, 1.82) is 0 Å².